The van der Waals surface area contributed by atoms with Crippen molar-refractivity contribution in [2.24, 2.45) is 9.98 Å². The first-order valence-electron chi connectivity index (χ1n) is 8.43. The third kappa shape index (κ3) is 2.89. The Labute approximate surface area is 149 Å². The molecule has 0 aliphatic carbocycles. The quantitative estimate of drug-likeness (QED) is 0.763. The molecule has 2 aromatic rings. The zero-order chi connectivity index (χ0) is 18.3. The molecule has 2 aliphatic rings. The van der Waals surface area contributed by atoms with E-state index in [-0.39, 0.29) is 5.71 Å². The van der Waals surface area contributed by atoms with Crippen LogP contribution >= 0.6 is 0 Å². The largest absolute Gasteiger partial charge is 0.352 e. The Balaban J connectivity index is 1.55. The average Bonchev–Trinajstić information content (AvgIpc) is 2.65. The van der Waals surface area contributed by atoms with E-state index in [0.717, 1.165) is 16.7 Å². The van der Waals surface area contributed by atoms with E-state index in [0.29, 0.717) is 38.0 Å². The minimum atomic E-state index is -1.72. The summed E-state index contributed by atoms with van der Waals surface area (Å²) < 4.78 is 13.5. The Morgan fingerprint density at radius 3 is 2.54 bits per heavy atom. The Morgan fingerprint density at radius 1 is 1.08 bits per heavy atom. The maximum Gasteiger partial charge on any atom is 0.289 e. The van der Waals surface area contributed by atoms with Gasteiger partial charge in [-0.2, -0.15) is 4.99 Å². The fraction of sp³-hybridized carbons (Fsp3) is 0.412. The molecule has 2 aromatic heterocycles. The number of hydrogen-bond acceptors (Lipinski definition) is 7. The second-order valence-electron chi connectivity index (χ2n) is 6.33. The van der Waals surface area contributed by atoms with Gasteiger partial charge in [-0.25, -0.2) is 19.4 Å². The van der Waals surface area contributed by atoms with Gasteiger partial charge in [0.15, 0.2) is 0 Å². The highest BCUT2D eigenvalue weighted by atomic mass is 19.1. The van der Waals surface area contributed by atoms with E-state index in [1.807, 2.05) is 17.9 Å². The number of nitrogens with zero attached hydrogens (tertiary/aromatic N) is 7. The van der Waals surface area contributed by atoms with Crippen molar-refractivity contribution in [3.8, 4) is 0 Å². The van der Waals surface area contributed by atoms with Crippen LogP contribution in [-0.4, -0.2) is 69.8 Å². The van der Waals surface area contributed by atoms with Gasteiger partial charge in [0, 0.05) is 37.8 Å². The number of carbonyl (C=O) groups is 1. The molecule has 9 heteroatoms. The summed E-state index contributed by atoms with van der Waals surface area (Å²) in [5.74, 6) is 1.09. The molecule has 0 radical (unpaired) electrons. The van der Waals surface area contributed by atoms with E-state index >= 15 is 0 Å². The average molecular weight is 355 g/mol. The van der Waals surface area contributed by atoms with Gasteiger partial charge >= 0.3 is 0 Å². The van der Waals surface area contributed by atoms with Gasteiger partial charge in [-0.05, 0) is 19.9 Å². The van der Waals surface area contributed by atoms with Crippen molar-refractivity contribution in [2.45, 2.75) is 20.0 Å². The molecular formula is C17H18FN7O. The number of halogens is 1. The molecular weight excluding hydrogens is 337 g/mol. The molecule has 0 aromatic carbocycles. The molecule has 1 saturated heterocycles. The molecule has 0 N–H and O–H groups in total. The number of fused-ring (bicyclic) bond motifs is 1. The molecule has 0 saturated carbocycles. The molecule has 4 heterocycles. The molecule has 26 heavy (non-hydrogen) atoms. The smallest absolute Gasteiger partial charge is 0.289 e. The molecule has 4 rings (SSSR count). The van der Waals surface area contributed by atoms with Crippen molar-refractivity contribution < 1.29 is 9.18 Å². The minimum Gasteiger partial charge on any atom is -0.352 e. The fourth-order valence-electron chi connectivity index (χ4n) is 3.15. The predicted molar refractivity (Wildman–Crippen MR) is 96.3 cm³/mol. The van der Waals surface area contributed by atoms with E-state index < -0.39 is 12.1 Å². The lowest BCUT2D eigenvalue weighted by molar-refractivity contribution is -0.120. The van der Waals surface area contributed by atoms with Gasteiger partial charge in [0.05, 0.1) is 17.4 Å². The maximum absolute atomic E-state index is 13.5. The van der Waals surface area contributed by atoms with Crippen LogP contribution in [0.25, 0.3) is 10.9 Å². The highest BCUT2D eigenvalue weighted by Crippen LogP contribution is 2.24. The molecule has 2 aliphatic heterocycles. The highest BCUT2D eigenvalue weighted by Gasteiger charge is 2.29. The summed E-state index contributed by atoms with van der Waals surface area (Å²) in [6.45, 7) is 5.99. The Kier molecular flexibility index (Phi) is 4.06. The number of anilines is 1. The van der Waals surface area contributed by atoms with Crippen molar-refractivity contribution in [3.63, 3.8) is 0 Å². The normalized spacial score (nSPS) is 21.0. The lowest BCUT2D eigenvalue weighted by Crippen LogP contribution is -2.50. The van der Waals surface area contributed by atoms with Gasteiger partial charge in [0.25, 0.3) is 5.91 Å². The third-order valence-electron chi connectivity index (χ3n) is 4.52. The highest BCUT2D eigenvalue weighted by molar-refractivity contribution is 6.16. The van der Waals surface area contributed by atoms with Crippen molar-refractivity contribution >= 4 is 34.3 Å². The lowest BCUT2D eigenvalue weighted by Gasteiger charge is -2.36. The lowest BCUT2D eigenvalue weighted by atomic mass is 10.2. The van der Waals surface area contributed by atoms with Gasteiger partial charge in [-0.15, -0.1) is 0 Å². The number of piperazine rings is 1. The van der Waals surface area contributed by atoms with Crippen molar-refractivity contribution in [1.29, 1.82) is 0 Å². The minimum absolute atomic E-state index is 0.160. The molecule has 0 spiro atoms. The van der Waals surface area contributed by atoms with Gasteiger partial charge in [-0.1, -0.05) is 0 Å². The van der Waals surface area contributed by atoms with Crippen LogP contribution in [0.15, 0.2) is 28.4 Å². The number of rotatable bonds is 1. The molecule has 0 bridgehead atoms. The Hall–Kier alpha value is -2.97. The van der Waals surface area contributed by atoms with E-state index in [9.17, 15) is 9.18 Å². The molecule has 1 atom stereocenters. The summed E-state index contributed by atoms with van der Waals surface area (Å²) in [4.78, 5) is 36.8. The second-order valence-corrected chi connectivity index (χ2v) is 6.33. The summed E-state index contributed by atoms with van der Waals surface area (Å²) in [5.41, 5.74) is 0.973. The first-order chi connectivity index (χ1) is 12.5. The van der Waals surface area contributed by atoms with Gasteiger partial charge in [-0.3, -0.25) is 9.78 Å². The number of amides is 1. The second kappa shape index (κ2) is 6.40. The van der Waals surface area contributed by atoms with E-state index in [4.69, 9.17) is 0 Å². The topological polar surface area (TPSA) is 86.9 Å². The molecule has 1 fully saturated rings. The Bertz CT molecular complexity index is 934. The van der Waals surface area contributed by atoms with Crippen LogP contribution in [0.4, 0.5) is 10.2 Å². The maximum atomic E-state index is 13.5. The van der Waals surface area contributed by atoms with E-state index in [1.54, 1.807) is 12.4 Å². The summed E-state index contributed by atoms with van der Waals surface area (Å²) >= 11 is 0. The first-order valence-corrected chi connectivity index (χ1v) is 8.43. The van der Waals surface area contributed by atoms with Crippen molar-refractivity contribution in [3.05, 3.63) is 24.3 Å². The SMILES string of the molecule is CC1=NC(N2CCN(c3nc(C)nc4cnccc34)CC2)=NC(=O)C1F. The molecule has 1 unspecified atom stereocenters. The number of aliphatic imine (C=N–C) groups is 2. The van der Waals surface area contributed by atoms with Crippen LogP contribution in [0, 0.1) is 6.92 Å². The number of hydrogen-bond donors (Lipinski definition) is 0. The summed E-state index contributed by atoms with van der Waals surface area (Å²) in [6.07, 6.45) is 1.74. The standard InChI is InChI=1S/C17H18FN7O/c1-10-14(18)16(26)23-17(20-10)25-7-5-24(6-8-25)15-12-3-4-19-9-13(12)21-11(2)22-15/h3-4,9,14H,5-8H2,1-2H3. The fourth-order valence-corrected chi connectivity index (χ4v) is 3.15. The predicted octanol–water partition coefficient (Wildman–Crippen LogP) is 1.15. The van der Waals surface area contributed by atoms with Crippen molar-refractivity contribution in [2.75, 3.05) is 31.1 Å². The van der Waals surface area contributed by atoms with Gasteiger partial charge < -0.3 is 9.80 Å². The van der Waals surface area contributed by atoms with Crippen LogP contribution in [-0.2, 0) is 4.79 Å². The summed E-state index contributed by atoms with van der Waals surface area (Å²) in [5, 5.41) is 0.957. The number of pyridine rings is 1. The monoisotopic (exact) mass is 355 g/mol. The molecule has 134 valence electrons. The number of carbonyl (C=O) groups excluding carboxylic acids is 1. The molecule has 1 amide bonds. The van der Waals surface area contributed by atoms with Gasteiger partial charge in [0.2, 0.25) is 12.1 Å². The van der Waals surface area contributed by atoms with Crippen LogP contribution in [0.2, 0.25) is 0 Å². The number of alkyl halides is 1. The zero-order valence-corrected chi connectivity index (χ0v) is 14.6. The number of aryl methyl sites for hydroxylation is 1. The number of aromatic nitrogens is 3. The van der Waals surface area contributed by atoms with Crippen LogP contribution < -0.4 is 4.90 Å². The number of guanidine groups is 1. The Morgan fingerprint density at radius 2 is 1.81 bits per heavy atom. The van der Waals surface area contributed by atoms with Crippen molar-refractivity contribution in [1.82, 2.24) is 19.9 Å². The van der Waals surface area contributed by atoms with Crippen LogP contribution in [0.3, 0.4) is 0 Å². The third-order valence-corrected chi connectivity index (χ3v) is 4.52. The first kappa shape index (κ1) is 16.5. The van der Waals surface area contributed by atoms with Gasteiger partial charge in [0.1, 0.15) is 11.6 Å². The molecule has 8 nitrogen and oxygen atoms in total. The summed E-state index contributed by atoms with van der Waals surface area (Å²) in [7, 11) is 0. The van der Waals surface area contributed by atoms with Crippen LogP contribution in [0.1, 0.15) is 12.7 Å². The van der Waals surface area contributed by atoms with E-state index in [2.05, 4.69) is 29.8 Å². The van der Waals surface area contributed by atoms with E-state index in [1.165, 1.54) is 6.92 Å². The summed E-state index contributed by atoms with van der Waals surface area (Å²) in [6, 6.07) is 1.91. The van der Waals surface area contributed by atoms with Crippen LogP contribution in [0.5, 0.6) is 0 Å². The zero-order valence-electron chi connectivity index (χ0n) is 14.6.